The Kier molecular flexibility index (Phi) is 5.26. The van der Waals surface area contributed by atoms with Crippen molar-refractivity contribution >= 4 is 23.4 Å². The van der Waals surface area contributed by atoms with Gasteiger partial charge in [-0.1, -0.05) is 12.1 Å². The van der Waals surface area contributed by atoms with Crippen LogP contribution in [0, 0.1) is 15.9 Å². The van der Waals surface area contributed by atoms with Gasteiger partial charge in [-0.2, -0.15) is 0 Å². The second-order valence-electron chi connectivity index (χ2n) is 5.97. The molecule has 1 aliphatic heterocycles. The molecule has 1 aliphatic rings. The first-order chi connectivity index (χ1) is 12.5. The number of nitro groups is 1. The third-order valence-electron chi connectivity index (χ3n) is 4.31. The van der Waals surface area contributed by atoms with Gasteiger partial charge in [-0.15, -0.1) is 0 Å². The fourth-order valence-electron chi connectivity index (χ4n) is 2.82. The molecule has 0 bridgehead atoms. The highest BCUT2D eigenvalue weighted by Gasteiger charge is 2.20. The van der Waals surface area contributed by atoms with Crippen molar-refractivity contribution in [2.75, 3.05) is 31.1 Å². The maximum atomic E-state index is 12.9. The Morgan fingerprint density at radius 3 is 2.19 bits per heavy atom. The Labute approximate surface area is 150 Å². The fraction of sp³-hybridized carbons (Fsp3) is 0.211. The zero-order chi connectivity index (χ0) is 18.5. The van der Waals surface area contributed by atoms with E-state index >= 15 is 0 Å². The summed E-state index contributed by atoms with van der Waals surface area (Å²) in [5, 5.41) is 10.7. The number of carbonyl (C=O) groups excluding carboxylic acids is 1. The van der Waals surface area contributed by atoms with Crippen LogP contribution in [0.2, 0.25) is 0 Å². The van der Waals surface area contributed by atoms with E-state index < -0.39 is 4.92 Å². The average molecular weight is 355 g/mol. The number of anilines is 1. The summed E-state index contributed by atoms with van der Waals surface area (Å²) in [7, 11) is 0. The summed E-state index contributed by atoms with van der Waals surface area (Å²) < 4.78 is 12.9. The lowest BCUT2D eigenvalue weighted by molar-refractivity contribution is -0.384. The van der Waals surface area contributed by atoms with E-state index in [1.807, 2.05) is 0 Å². The Morgan fingerprint density at radius 1 is 1.00 bits per heavy atom. The van der Waals surface area contributed by atoms with E-state index in [1.165, 1.54) is 30.3 Å². The Morgan fingerprint density at radius 2 is 1.62 bits per heavy atom. The molecule has 3 rings (SSSR count). The summed E-state index contributed by atoms with van der Waals surface area (Å²) in [4.78, 5) is 26.4. The number of piperazine rings is 1. The fourth-order valence-corrected chi connectivity index (χ4v) is 2.82. The number of halogens is 1. The predicted octanol–water partition coefficient (Wildman–Crippen LogP) is 3.10. The van der Waals surface area contributed by atoms with Gasteiger partial charge in [0.05, 0.1) is 4.92 Å². The van der Waals surface area contributed by atoms with Gasteiger partial charge in [0.1, 0.15) is 5.82 Å². The molecule has 1 amide bonds. The number of carbonyl (C=O) groups is 1. The highest BCUT2D eigenvalue weighted by molar-refractivity contribution is 5.92. The maximum absolute atomic E-state index is 12.9. The summed E-state index contributed by atoms with van der Waals surface area (Å²) >= 11 is 0. The van der Waals surface area contributed by atoms with Gasteiger partial charge in [0.2, 0.25) is 5.91 Å². The number of benzene rings is 2. The van der Waals surface area contributed by atoms with E-state index in [1.54, 1.807) is 35.2 Å². The molecular weight excluding hydrogens is 337 g/mol. The number of nitro benzene ring substituents is 1. The molecular formula is C19H18FN3O3. The molecule has 1 fully saturated rings. The minimum Gasteiger partial charge on any atom is -0.368 e. The lowest BCUT2D eigenvalue weighted by Crippen LogP contribution is -2.48. The predicted molar refractivity (Wildman–Crippen MR) is 97.3 cm³/mol. The summed E-state index contributed by atoms with van der Waals surface area (Å²) in [6.45, 7) is 2.47. The molecule has 0 atom stereocenters. The molecule has 0 unspecified atom stereocenters. The van der Waals surface area contributed by atoms with Gasteiger partial charge in [-0.3, -0.25) is 14.9 Å². The standard InChI is InChI=1S/C19H18FN3O3/c20-16-4-1-15(2-5-16)3-10-19(24)22-13-11-21(12-14-22)17-6-8-18(9-7-17)23(25)26/h1-10H,11-14H2/b10-3-. The zero-order valence-electron chi connectivity index (χ0n) is 14.0. The van der Waals surface area contributed by atoms with Crippen LogP contribution in [-0.2, 0) is 4.79 Å². The Balaban J connectivity index is 1.55. The van der Waals surface area contributed by atoms with Crippen molar-refractivity contribution in [1.29, 1.82) is 0 Å². The number of amides is 1. The minimum atomic E-state index is -0.423. The minimum absolute atomic E-state index is 0.0634. The van der Waals surface area contributed by atoms with Crippen molar-refractivity contribution in [3.8, 4) is 0 Å². The van der Waals surface area contributed by atoms with Crippen molar-refractivity contribution < 1.29 is 14.1 Å². The highest BCUT2D eigenvalue weighted by Crippen LogP contribution is 2.20. The number of non-ortho nitro benzene ring substituents is 1. The van der Waals surface area contributed by atoms with Crippen LogP contribution in [0.5, 0.6) is 0 Å². The summed E-state index contributed by atoms with van der Waals surface area (Å²) in [6, 6.07) is 12.4. The van der Waals surface area contributed by atoms with Gasteiger partial charge in [0, 0.05) is 50.1 Å². The molecule has 6 nitrogen and oxygen atoms in total. The molecule has 0 aromatic heterocycles. The molecule has 1 saturated heterocycles. The monoisotopic (exact) mass is 355 g/mol. The number of nitrogens with zero attached hydrogens (tertiary/aromatic N) is 3. The third-order valence-corrected chi connectivity index (χ3v) is 4.31. The molecule has 0 radical (unpaired) electrons. The van der Waals surface area contributed by atoms with E-state index in [0.29, 0.717) is 26.2 Å². The van der Waals surface area contributed by atoms with Crippen molar-refractivity contribution in [3.05, 3.63) is 76.1 Å². The number of hydrogen-bond donors (Lipinski definition) is 0. The molecule has 7 heteroatoms. The first kappa shape index (κ1) is 17.6. The molecule has 0 spiro atoms. The van der Waals surface area contributed by atoms with Crippen molar-refractivity contribution in [1.82, 2.24) is 4.90 Å². The largest absolute Gasteiger partial charge is 0.368 e. The van der Waals surface area contributed by atoms with Gasteiger partial charge in [-0.05, 0) is 35.9 Å². The smallest absolute Gasteiger partial charge is 0.269 e. The van der Waals surface area contributed by atoms with Gasteiger partial charge in [0.15, 0.2) is 0 Å². The molecule has 1 heterocycles. The Hall–Kier alpha value is -3.22. The van der Waals surface area contributed by atoms with Crippen LogP contribution >= 0.6 is 0 Å². The lowest BCUT2D eigenvalue weighted by Gasteiger charge is -2.35. The van der Waals surface area contributed by atoms with Crippen molar-refractivity contribution in [3.63, 3.8) is 0 Å². The first-order valence-electron chi connectivity index (χ1n) is 8.25. The van der Waals surface area contributed by atoms with Gasteiger partial charge < -0.3 is 9.80 Å². The number of hydrogen-bond acceptors (Lipinski definition) is 4. The van der Waals surface area contributed by atoms with E-state index in [9.17, 15) is 19.3 Å². The van der Waals surface area contributed by atoms with E-state index in [4.69, 9.17) is 0 Å². The molecule has 2 aromatic carbocycles. The molecule has 0 N–H and O–H groups in total. The second-order valence-corrected chi connectivity index (χ2v) is 5.97. The summed E-state index contributed by atoms with van der Waals surface area (Å²) in [6.07, 6.45) is 3.17. The normalized spacial score (nSPS) is 14.7. The van der Waals surface area contributed by atoms with Crippen LogP contribution in [0.3, 0.4) is 0 Å². The van der Waals surface area contributed by atoms with Gasteiger partial charge >= 0.3 is 0 Å². The van der Waals surface area contributed by atoms with Crippen LogP contribution < -0.4 is 4.90 Å². The Bertz CT molecular complexity index is 811. The third kappa shape index (κ3) is 4.24. The average Bonchev–Trinajstić information content (AvgIpc) is 2.67. The molecule has 2 aromatic rings. The van der Waals surface area contributed by atoms with Crippen LogP contribution in [0.15, 0.2) is 54.6 Å². The molecule has 26 heavy (non-hydrogen) atoms. The van der Waals surface area contributed by atoms with Crippen molar-refractivity contribution in [2.24, 2.45) is 0 Å². The molecule has 134 valence electrons. The van der Waals surface area contributed by atoms with Crippen LogP contribution in [-0.4, -0.2) is 41.9 Å². The van der Waals surface area contributed by atoms with Crippen molar-refractivity contribution in [2.45, 2.75) is 0 Å². The zero-order valence-corrected chi connectivity index (χ0v) is 14.0. The first-order valence-corrected chi connectivity index (χ1v) is 8.25. The van der Waals surface area contributed by atoms with Gasteiger partial charge in [0.25, 0.3) is 5.69 Å². The van der Waals surface area contributed by atoms with E-state index in [-0.39, 0.29) is 17.4 Å². The van der Waals surface area contributed by atoms with E-state index in [0.717, 1.165) is 11.3 Å². The molecule has 0 aliphatic carbocycles. The van der Waals surface area contributed by atoms with Crippen LogP contribution in [0.1, 0.15) is 5.56 Å². The second kappa shape index (κ2) is 7.77. The maximum Gasteiger partial charge on any atom is 0.269 e. The quantitative estimate of drug-likeness (QED) is 0.480. The van der Waals surface area contributed by atoms with E-state index in [2.05, 4.69) is 4.90 Å². The SMILES string of the molecule is O=C(/C=C\c1ccc(F)cc1)N1CCN(c2ccc([N+](=O)[O-])cc2)CC1. The summed E-state index contributed by atoms with van der Waals surface area (Å²) in [5.41, 5.74) is 1.74. The van der Waals surface area contributed by atoms with Crippen LogP contribution in [0.25, 0.3) is 6.08 Å². The van der Waals surface area contributed by atoms with Crippen LogP contribution in [0.4, 0.5) is 15.8 Å². The number of rotatable bonds is 4. The lowest BCUT2D eigenvalue weighted by atomic mass is 10.2. The summed E-state index contributed by atoms with van der Waals surface area (Å²) in [5.74, 6) is -0.395. The highest BCUT2D eigenvalue weighted by atomic mass is 19.1. The molecule has 0 saturated carbocycles. The topological polar surface area (TPSA) is 66.7 Å². The van der Waals surface area contributed by atoms with Gasteiger partial charge in [-0.25, -0.2) is 4.39 Å².